The number of benzene rings is 2. The Hall–Kier alpha value is -1.09. The Labute approximate surface area is 154 Å². The molecule has 1 heterocycles. The van der Waals surface area contributed by atoms with Gasteiger partial charge in [-0.3, -0.25) is 0 Å². The van der Waals surface area contributed by atoms with Crippen LogP contribution in [-0.2, 0) is 6.42 Å². The van der Waals surface area contributed by atoms with Crippen molar-refractivity contribution in [3.8, 4) is 11.8 Å². The molecule has 0 saturated carbocycles. The Balaban J connectivity index is 2.39. The molecule has 0 bridgehead atoms. The molecule has 0 spiro atoms. The minimum atomic E-state index is 0.651. The summed E-state index contributed by atoms with van der Waals surface area (Å²) in [6, 6.07) is 16.2. The van der Waals surface area contributed by atoms with Gasteiger partial charge in [-0.05, 0) is 62.0 Å². The number of nitrogens with zero attached hydrogens (tertiary/aromatic N) is 2. The average molecular weight is 483 g/mol. The third-order valence-corrected chi connectivity index (χ3v) is 6.05. The molecule has 110 valence electrons. The summed E-state index contributed by atoms with van der Waals surface area (Å²) >= 11 is 10.9. The molecule has 22 heavy (non-hydrogen) atoms. The first-order valence-electron chi connectivity index (χ1n) is 6.71. The maximum absolute atomic E-state index is 9.39. The van der Waals surface area contributed by atoms with Crippen LogP contribution in [0, 0.1) is 11.3 Å². The van der Waals surface area contributed by atoms with Crippen molar-refractivity contribution in [3.63, 3.8) is 0 Å². The van der Waals surface area contributed by atoms with Crippen molar-refractivity contribution in [2.75, 3.05) is 5.33 Å². The second kappa shape index (κ2) is 6.57. The summed E-state index contributed by atoms with van der Waals surface area (Å²) in [5, 5.41) is 11.5. The molecule has 0 amide bonds. The summed E-state index contributed by atoms with van der Waals surface area (Å²) in [6.07, 6.45) is 0.951. The highest BCUT2D eigenvalue weighted by Gasteiger charge is 2.18. The number of hydrogen-bond donors (Lipinski definition) is 0. The second-order valence-corrected chi connectivity index (χ2v) is 7.16. The Morgan fingerprint density at radius 1 is 1.05 bits per heavy atom. The van der Waals surface area contributed by atoms with Crippen LogP contribution in [0.25, 0.3) is 16.6 Å². The number of para-hydroxylation sites is 1. The normalized spacial score (nSPS) is 10.8. The van der Waals surface area contributed by atoms with Crippen LogP contribution in [0.2, 0.25) is 0 Å². The maximum atomic E-state index is 9.39. The highest BCUT2D eigenvalue weighted by molar-refractivity contribution is 9.13. The first kappa shape index (κ1) is 15.8. The van der Waals surface area contributed by atoms with Gasteiger partial charge >= 0.3 is 0 Å². The SMILES string of the molecule is N#Cc1ccccc1-n1c(Br)c(Br)c2c(CCBr)cccc21. The van der Waals surface area contributed by atoms with Crippen molar-refractivity contribution in [3.05, 3.63) is 62.7 Å². The Kier molecular flexibility index (Phi) is 4.72. The predicted molar refractivity (Wildman–Crippen MR) is 101 cm³/mol. The number of aromatic nitrogens is 1. The lowest BCUT2D eigenvalue weighted by molar-refractivity contribution is 1.08. The number of alkyl halides is 1. The largest absolute Gasteiger partial charge is 0.301 e. The number of aryl methyl sites for hydroxylation is 1. The van der Waals surface area contributed by atoms with Crippen molar-refractivity contribution >= 4 is 58.7 Å². The molecule has 2 nitrogen and oxygen atoms in total. The van der Waals surface area contributed by atoms with Crippen molar-refractivity contribution in [1.29, 1.82) is 5.26 Å². The van der Waals surface area contributed by atoms with E-state index in [-0.39, 0.29) is 0 Å². The molecular formula is C17H11Br3N2. The molecule has 0 saturated heterocycles. The van der Waals surface area contributed by atoms with Crippen LogP contribution in [0.5, 0.6) is 0 Å². The zero-order valence-electron chi connectivity index (χ0n) is 11.5. The van der Waals surface area contributed by atoms with Crippen molar-refractivity contribution in [1.82, 2.24) is 4.57 Å². The molecule has 2 aromatic carbocycles. The zero-order chi connectivity index (χ0) is 15.7. The molecule has 3 aromatic rings. The van der Waals surface area contributed by atoms with E-state index in [4.69, 9.17) is 0 Å². The predicted octanol–water partition coefficient (Wildman–Crippen LogP) is 5.96. The molecule has 1 aromatic heterocycles. The average Bonchev–Trinajstić information content (AvgIpc) is 2.80. The van der Waals surface area contributed by atoms with Gasteiger partial charge in [0.25, 0.3) is 0 Å². The smallest absolute Gasteiger partial charge is 0.105 e. The van der Waals surface area contributed by atoms with E-state index >= 15 is 0 Å². The van der Waals surface area contributed by atoms with Crippen molar-refractivity contribution in [2.45, 2.75) is 6.42 Å². The molecule has 0 atom stereocenters. The van der Waals surface area contributed by atoms with Gasteiger partial charge in [0.1, 0.15) is 10.7 Å². The summed E-state index contributed by atoms with van der Waals surface area (Å²) in [4.78, 5) is 0. The van der Waals surface area contributed by atoms with Crippen LogP contribution in [-0.4, -0.2) is 9.90 Å². The van der Waals surface area contributed by atoms with Gasteiger partial charge in [-0.2, -0.15) is 5.26 Å². The molecule has 0 N–H and O–H groups in total. The van der Waals surface area contributed by atoms with Crippen LogP contribution in [0.4, 0.5) is 0 Å². The summed E-state index contributed by atoms with van der Waals surface area (Å²) in [5.74, 6) is 0. The van der Waals surface area contributed by atoms with E-state index in [1.807, 2.05) is 24.3 Å². The van der Waals surface area contributed by atoms with E-state index < -0.39 is 0 Å². The van der Waals surface area contributed by atoms with Crippen LogP contribution in [0.15, 0.2) is 51.5 Å². The monoisotopic (exact) mass is 480 g/mol. The standard InChI is InChI=1S/C17H11Br3N2/c18-9-8-11-5-3-7-14-15(11)16(19)17(20)22(14)13-6-2-1-4-12(13)10-21/h1-7H,8-9H2. The molecule has 3 rings (SSSR count). The van der Waals surface area contributed by atoms with E-state index in [1.54, 1.807) is 0 Å². The van der Waals surface area contributed by atoms with Gasteiger partial charge in [0.15, 0.2) is 0 Å². The topological polar surface area (TPSA) is 28.7 Å². The summed E-state index contributed by atoms with van der Waals surface area (Å²) in [6.45, 7) is 0. The summed E-state index contributed by atoms with van der Waals surface area (Å²) < 4.78 is 4.02. The van der Waals surface area contributed by atoms with Gasteiger partial charge in [0.05, 0.1) is 21.2 Å². The van der Waals surface area contributed by atoms with E-state index in [0.29, 0.717) is 5.56 Å². The first-order valence-corrected chi connectivity index (χ1v) is 9.42. The zero-order valence-corrected chi connectivity index (χ0v) is 16.2. The second-order valence-electron chi connectivity index (χ2n) is 4.82. The lowest BCUT2D eigenvalue weighted by Crippen LogP contribution is -1.97. The number of hydrogen-bond acceptors (Lipinski definition) is 1. The first-order chi connectivity index (χ1) is 10.7. The molecule has 0 aliphatic carbocycles. The fraction of sp³-hybridized carbons (Fsp3) is 0.118. The minimum Gasteiger partial charge on any atom is -0.301 e. The van der Waals surface area contributed by atoms with E-state index in [9.17, 15) is 5.26 Å². The highest BCUT2D eigenvalue weighted by atomic mass is 79.9. The lowest BCUT2D eigenvalue weighted by atomic mass is 10.1. The third kappa shape index (κ3) is 2.54. The Morgan fingerprint density at radius 2 is 1.82 bits per heavy atom. The molecular weight excluding hydrogens is 472 g/mol. The van der Waals surface area contributed by atoms with Gasteiger partial charge in [-0.25, -0.2) is 0 Å². The van der Waals surface area contributed by atoms with Crippen LogP contribution >= 0.6 is 47.8 Å². The lowest BCUT2D eigenvalue weighted by Gasteiger charge is -2.09. The Bertz CT molecular complexity index is 891. The summed E-state index contributed by atoms with van der Waals surface area (Å²) in [7, 11) is 0. The third-order valence-electron chi connectivity index (χ3n) is 3.60. The molecule has 0 aliphatic heterocycles. The highest BCUT2D eigenvalue weighted by Crippen LogP contribution is 2.39. The van der Waals surface area contributed by atoms with Crippen LogP contribution in [0.1, 0.15) is 11.1 Å². The maximum Gasteiger partial charge on any atom is 0.105 e. The number of halogens is 3. The Morgan fingerprint density at radius 3 is 2.55 bits per heavy atom. The molecule has 0 unspecified atom stereocenters. The fourth-order valence-electron chi connectivity index (χ4n) is 2.64. The van der Waals surface area contributed by atoms with E-state index in [1.165, 1.54) is 10.9 Å². The van der Waals surface area contributed by atoms with Gasteiger partial charge in [-0.1, -0.05) is 40.2 Å². The molecule has 0 fully saturated rings. The van der Waals surface area contributed by atoms with E-state index in [2.05, 4.69) is 76.6 Å². The number of rotatable bonds is 3. The summed E-state index contributed by atoms with van der Waals surface area (Å²) in [5.41, 5.74) is 3.89. The molecule has 0 aliphatic rings. The van der Waals surface area contributed by atoms with Gasteiger partial charge in [-0.15, -0.1) is 0 Å². The number of fused-ring (bicyclic) bond motifs is 1. The van der Waals surface area contributed by atoms with Gasteiger partial charge in [0.2, 0.25) is 0 Å². The van der Waals surface area contributed by atoms with Gasteiger partial charge < -0.3 is 4.57 Å². The van der Waals surface area contributed by atoms with Crippen molar-refractivity contribution < 1.29 is 0 Å². The number of nitriles is 1. The quantitative estimate of drug-likeness (QED) is 0.423. The fourth-order valence-corrected chi connectivity index (χ4v) is 4.28. The molecule has 0 radical (unpaired) electrons. The van der Waals surface area contributed by atoms with Crippen LogP contribution in [0.3, 0.4) is 0 Å². The molecule has 5 heteroatoms. The van der Waals surface area contributed by atoms with Gasteiger partial charge in [0, 0.05) is 10.7 Å². The minimum absolute atomic E-state index is 0.651. The van der Waals surface area contributed by atoms with Crippen LogP contribution < -0.4 is 0 Å². The van der Waals surface area contributed by atoms with Crippen molar-refractivity contribution in [2.24, 2.45) is 0 Å². The van der Waals surface area contributed by atoms with E-state index in [0.717, 1.165) is 32.0 Å².